The smallest absolute Gasteiger partial charge is 0.335 e. The van der Waals surface area contributed by atoms with E-state index in [4.69, 9.17) is 15.1 Å². The Hall–Kier alpha value is -2.06. The molecule has 0 aliphatic heterocycles. The molecular weight excluding hydrogens is 232 g/mol. The molecule has 0 radical (unpaired) electrons. The van der Waals surface area contributed by atoms with Gasteiger partial charge < -0.3 is 14.7 Å². The zero-order valence-electron chi connectivity index (χ0n) is 10.3. The molecule has 0 aliphatic rings. The number of aromatic carboxylic acids is 1. The SMILES string of the molecule is CN(CCC#N)CCOc1cccc(C(=O)O)c1. The number of hydrogen-bond donors (Lipinski definition) is 1. The zero-order valence-corrected chi connectivity index (χ0v) is 10.3. The van der Waals surface area contributed by atoms with Crippen molar-refractivity contribution in [2.75, 3.05) is 26.7 Å². The van der Waals surface area contributed by atoms with Crippen LogP contribution >= 0.6 is 0 Å². The summed E-state index contributed by atoms with van der Waals surface area (Å²) >= 11 is 0. The topological polar surface area (TPSA) is 73.6 Å². The molecule has 0 heterocycles. The van der Waals surface area contributed by atoms with Gasteiger partial charge in [0.1, 0.15) is 12.4 Å². The summed E-state index contributed by atoms with van der Waals surface area (Å²) < 4.78 is 5.46. The van der Waals surface area contributed by atoms with Gasteiger partial charge in [0, 0.05) is 19.5 Å². The van der Waals surface area contributed by atoms with Gasteiger partial charge in [0.2, 0.25) is 0 Å². The summed E-state index contributed by atoms with van der Waals surface area (Å²) in [6.45, 7) is 1.86. The highest BCUT2D eigenvalue weighted by atomic mass is 16.5. The molecule has 0 saturated carbocycles. The van der Waals surface area contributed by atoms with Crippen molar-refractivity contribution >= 4 is 5.97 Å². The molecule has 1 aromatic carbocycles. The summed E-state index contributed by atoms with van der Waals surface area (Å²) in [5.74, 6) is -0.421. The van der Waals surface area contributed by atoms with E-state index in [1.165, 1.54) is 12.1 Å². The summed E-state index contributed by atoms with van der Waals surface area (Å²) in [6, 6.07) is 8.47. The van der Waals surface area contributed by atoms with E-state index in [2.05, 4.69) is 6.07 Å². The highest BCUT2D eigenvalue weighted by Crippen LogP contribution is 2.13. The van der Waals surface area contributed by atoms with E-state index in [1.807, 2.05) is 11.9 Å². The Kier molecular flexibility index (Phi) is 5.68. The molecule has 5 heteroatoms. The molecule has 0 aliphatic carbocycles. The minimum absolute atomic E-state index is 0.213. The van der Waals surface area contributed by atoms with E-state index in [-0.39, 0.29) is 5.56 Å². The molecule has 0 amide bonds. The van der Waals surface area contributed by atoms with Crippen molar-refractivity contribution < 1.29 is 14.6 Å². The van der Waals surface area contributed by atoms with Gasteiger partial charge in [-0.1, -0.05) is 6.07 Å². The Morgan fingerprint density at radius 2 is 2.28 bits per heavy atom. The van der Waals surface area contributed by atoms with Crippen molar-refractivity contribution in [3.63, 3.8) is 0 Å². The Labute approximate surface area is 106 Å². The van der Waals surface area contributed by atoms with Gasteiger partial charge >= 0.3 is 5.97 Å². The van der Waals surface area contributed by atoms with Gasteiger partial charge in [-0.05, 0) is 25.2 Å². The Balaban J connectivity index is 2.37. The second-order valence-electron chi connectivity index (χ2n) is 3.89. The van der Waals surface area contributed by atoms with Crippen molar-refractivity contribution in [3.05, 3.63) is 29.8 Å². The van der Waals surface area contributed by atoms with Crippen LogP contribution in [0.1, 0.15) is 16.8 Å². The number of rotatable bonds is 7. The summed E-state index contributed by atoms with van der Waals surface area (Å²) in [6.07, 6.45) is 0.491. The van der Waals surface area contributed by atoms with Gasteiger partial charge in [0.15, 0.2) is 0 Å². The molecule has 96 valence electrons. The summed E-state index contributed by atoms with van der Waals surface area (Å²) in [5.41, 5.74) is 0.213. The van der Waals surface area contributed by atoms with E-state index >= 15 is 0 Å². The maximum absolute atomic E-state index is 10.8. The average molecular weight is 248 g/mol. The fourth-order valence-corrected chi connectivity index (χ4v) is 1.39. The Morgan fingerprint density at radius 3 is 2.94 bits per heavy atom. The lowest BCUT2D eigenvalue weighted by Crippen LogP contribution is -2.25. The first-order chi connectivity index (χ1) is 8.63. The molecule has 1 N–H and O–H groups in total. The first kappa shape index (κ1) is 14.0. The third kappa shape index (κ3) is 4.85. The zero-order chi connectivity index (χ0) is 13.4. The number of ether oxygens (including phenoxy) is 1. The fraction of sp³-hybridized carbons (Fsp3) is 0.385. The second-order valence-corrected chi connectivity index (χ2v) is 3.89. The van der Waals surface area contributed by atoms with Gasteiger partial charge in [-0.2, -0.15) is 5.26 Å². The van der Waals surface area contributed by atoms with Crippen LogP contribution in [0.4, 0.5) is 0 Å². The van der Waals surface area contributed by atoms with Crippen LogP contribution < -0.4 is 4.74 Å². The number of hydrogen-bond acceptors (Lipinski definition) is 4. The standard InChI is InChI=1S/C13H16N2O3/c1-15(7-3-6-14)8-9-18-12-5-2-4-11(10-12)13(16)17/h2,4-5,10H,3,7-9H2,1H3,(H,16,17). The first-order valence-electron chi connectivity index (χ1n) is 5.65. The quantitative estimate of drug-likeness (QED) is 0.793. The van der Waals surface area contributed by atoms with Crippen LogP contribution in [0.3, 0.4) is 0 Å². The van der Waals surface area contributed by atoms with Crippen LogP contribution in [0.2, 0.25) is 0 Å². The van der Waals surface area contributed by atoms with Gasteiger partial charge in [0.25, 0.3) is 0 Å². The van der Waals surface area contributed by atoms with E-state index in [0.29, 0.717) is 31.9 Å². The van der Waals surface area contributed by atoms with Gasteiger partial charge in [-0.3, -0.25) is 0 Å². The third-order valence-electron chi connectivity index (χ3n) is 2.43. The molecule has 1 aromatic rings. The summed E-state index contributed by atoms with van der Waals surface area (Å²) in [5, 5.41) is 17.3. The number of carboxylic acids is 1. The number of carboxylic acid groups (broad SMARTS) is 1. The number of nitrogens with zero attached hydrogens (tertiary/aromatic N) is 2. The molecule has 0 bridgehead atoms. The molecule has 0 spiro atoms. The van der Waals surface area contributed by atoms with Gasteiger partial charge in [0.05, 0.1) is 11.6 Å². The minimum Gasteiger partial charge on any atom is -0.492 e. The van der Waals surface area contributed by atoms with Gasteiger partial charge in [-0.15, -0.1) is 0 Å². The third-order valence-corrected chi connectivity index (χ3v) is 2.43. The predicted molar refractivity (Wildman–Crippen MR) is 66.6 cm³/mol. The number of carbonyl (C=O) groups is 1. The van der Waals surface area contributed by atoms with Crippen molar-refractivity contribution in [3.8, 4) is 11.8 Å². The fourth-order valence-electron chi connectivity index (χ4n) is 1.39. The van der Waals surface area contributed by atoms with Crippen LogP contribution in [0, 0.1) is 11.3 Å². The molecule has 18 heavy (non-hydrogen) atoms. The lowest BCUT2D eigenvalue weighted by molar-refractivity contribution is 0.0696. The highest BCUT2D eigenvalue weighted by molar-refractivity contribution is 5.87. The second kappa shape index (κ2) is 7.30. The molecule has 0 atom stereocenters. The van der Waals surface area contributed by atoms with Crippen LogP contribution in [-0.4, -0.2) is 42.7 Å². The van der Waals surface area contributed by atoms with Crippen molar-refractivity contribution in [2.45, 2.75) is 6.42 Å². The Bertz CT molecular complexity index is 440. The van der Waals surface area contributed by atoms with E-state index in [9.17, 15) is 4.79 Å². The van der Waals surface area contributed by atoms with E-state index < -0.39 is 5.97 Å². The van der Waals surface area contributed by atoms with Crippen LogP contribution in [0.25, 0.3) is 0 Å². The Morgan fingerprint density at radius 1 is 1.50 bits per heavy atom. The first-order valence-corrected chi connectivity index (χ1v) is 5.65. The molecule has 0 saturated heterocycles. The van der Waals surface area contributed by atoms with Gasteiger partial charge in [-0.25, -0.2) is 4.79 Å². The van der Waals surface area contributed by atoms with Crippen molar-refractivity contribution in [2.24, 2.45) is 0 Å². The number of nitriles is 1. The van der Waals surface area contributed by atoms with E-state index in [0.717, 1.165) is 0 Å². The summed E-state index contributed by atoms with van der Waals surface area (Å²) in [4.78, 5) is 12.7. The van der Waals surface area contributed by atoms with Crippen LogP contribution in [0.15, 0.2) is 24.3 Å². The normalized spacial score (nSPS) is 10.1. The summed E-state index contributed by atoms with van der Waals surface area (Å²) in [7, 11) is 1.91. The average Bonchev–Trinajstić information content (AvgIpc) is 2.36. The lowest BCUT2D eigenvalue weighted by Gasteiger charge is -2.15. The molecule has 0 aromatic heterocycles. The highest BCUT2D eigenvalue weighted by Gasteiger charge is 2.04. The number of benzene rings is 1. The molecule has 0 unspecified atom stereocenters. The van der Waals surface area contributed by atoms with E-state index in [1.54, 1.807) is 12.1 Å². The maximum atomic E-state index is 10.8. The minimum atomic E-state index is -0.966. The molecule has 1 rings (SSSR count). The van der Waals surface area contributed by atoms with Crippen molar-refractivity contribution in [1.29, 1.82) is 5.26 Å². The van der Waals surface area contributed by atoms with Crippen LogP contribution in [0.5, 0.6) is 5.75 Å². The van der Waals surface area contributed by atoms with Crippen molar-refractivity contribution in [1.82, 2.24) is 4.90 Å². The number of likely N-dealkylation sites (N-methyl/N-ethyl adjacent to an activating group) is 1. The monoisotopic (exact) mass is 248 g/mol. The largest absolute Gasteiger partial charge is 0.492 e. The molecular formula is C13H16N2O3. The van der Waals surface area contributed by atoms with Crippen LogP contribution in [-0.2, 0) is 0 Å². The lowest BCUT2D eigenvalue weighted by atomic mass is 10.2. The predicted octanol–water partition coefficient (Wildman–Crippen LogP) is 1.61. The molecule has 0 fully saturated rings. The maximum Gasteiger partial charge on any atom is 0.335 e. The molecule has 5 nitrogen and oxygen atoms in total.